The Kier molecular flexibility index (Phi) is 2.17. The number of hydrogen-bond acceptors (Lipinski definition) is 3. The molecule has 1 aliphatic rings. The molecule has 12 heavy (non-hydrogen) atoms. The summed E-state index contributed by atoms with van der Waals surface area (Å²) in [6.07, 6.45) is 0. The molecule has 0 saturated carbocycles. The topological polar surface area (TPSA) is 21.3 Å². The molecule has 0 radical (unpaired) electrons. The fourth-order valence-electron chi connectivity index (χ4n) is 0.891. The Balaban J connectivity index is 2.91. The molecule has 0 aromatic carbocycles. The van der Waals surface area contributed by atoms with Gasteiger partial charge in [0.1, 0.15) is 10.5 Å². The van der Waals surface area contributed by atoms with Crippen molar-refractivity contribution in [3.63, 3.8) is 0 Å². The minimum Gasteiger partial charge on any atom is -0.472 e. The lowest BCUT2D eigenvalue weighted by Crippen LogP contribution is -2.62. The maximum absolute atomic E-state index is 5.53. The Morgan fingerprint density at radius 3 is 2.08 bits per heavy atom. The van der Waals surface area contributed by atoms with Crippen LogP contribution in [0.25, 0.3) is 0 Å². The maximum atomic E-state index is 5.53. The lowest BCUT2D eigenvalue weighted by Gasteiger charge is -2.42. The van der Waals surface area contributed by atoms with E-state index < -0.39 is 5.60 Å². The molecule has 0 aromatic heterocycles. The van der Waals surface area contributed by atoms with Crippen LogP contribution in [0.3, 0.4) is 0 Å². The van der Waals surface area contributed by atoms with E-state index in [9.17, 15) is 0 Å². The number of morpholine rings is 1. The smallest absolute Gasteiger partial charge is 0.186 e. The summed E-state index contributed by atoms with van der Waals surface area (Å²) in [6.45, 7) is 7.72. The number of nitrogens with one attached hydrogen (secondary N) is 1. The summed E-state index contributed by atoms with van der Waals surface area (Å²) in [7, 11) is 0. The molecule has 4 heteroatoms. The predicted molar refractivity (Wildman–Crippen MR) is 57.6 cm³/mol. The van der Waals surface area contributed by atoms with Gasteiger partial charge in [0.05, 0.1) is 0 Å². The van der Waals surface area contributed by atoms with Crippen molar-refractivity contribution in [2.45, 2.75) is 38.8 Å². The van der Waals surface area contributed by atoms with Crippen molar-refractivity contribution in [2.24, 2.45) is 0 Å². The lowest BCUT2D eigenvalue weighted by atomic mass is 9.99. The van der Waals surface area contributed by atoms with Crippen LogP contribution >= 0.6 is 24.4 Å². The van der Waals surface area contributed by atoms with Gasteiger partial charge in [0, 0.05) is 0 Å². The second kappa shape index (κ2) is 2.64. The minimum atomic E-state index is -0.456. The van der Waals surface area contributed by atoms with Gasteiger partial charge < -0.3 is 10.1 Å². The SMILES string of the molecule is CC1(C)NC(=S)C(C)(C)OC1=S. The fourth-order valence-corrected chi connectivity index (χ4v) is 1.45. The monoisotopic (exact) mass is 203 g/mol. The van der Waals surface area contributed by atoms with Crippen LogP contribution in [0, 0.1) is 0 Å². The van der Waals surface area contributed by atoms with Crippen molar-refractivity contribution in [1.82, 2.24) is 5.32 Å². The molecule has 0 aliphatic carbocycles. The fraction of sp³-hybridized carbons (Fsp3) is 0.750. The predicted octanol–water partition coefficient (Wildman–Crippen LogP) is 1.82. The maximum Gasteiger partial charge on any atom is 0.186 e. The van der Waals surface area contributed by atoms with Gasteiger partial charge in [-0.25, -0.2) is 0 Å². The van der Waals surface area contributed by atoms with Crippen LogP contribution in [0.2, 0.25) is 0 Å². The van der Waals surface area contributed by atoms with Gasteiger partial charge in [-0.1, -0.05) is 12.2 Å². The Labute approximate surface area is 83.7 Å². The molecule has 68 valence electrons. The summed E-state index contributed by atoms with van der Waals surface area (Å²) < 4.78 is 5.53. The van der Waals surface area contributed by atoms with E-state index in [0.29, 0.717) is 10.0 Å². The van der Waals surface area contributed by atoms with E-state index in [2.05, 4.69) is 5.32 Å². The molecular formula is C8H13NOS2. The second-order valence-electron chi connectivity index (χ2n) is 3.98. The zero-order valence-corrected chi connectivity index (χ0v) is 9.36. The third-order valence-corrected chi connectivity index (χ3v) is 3.02. The van der Waals surface area contributed by atoms with Crippen LogP contribution < -0.4 is 5.32 Å². The molecule has 0 amide bonds. The number of thiocarbonyl (C=S) groups is 2. The first-order valence-corrected chi connectivity index (χ1v) is 4.63. The van der Waals surface area contributed by atoms with Crippen molar-refractivity contribution >= 4 is 34.5 Å². The van der Waals surface area contributed by atoms with E-state index in [1.54, 1.807) is 0 Å². The third kappa shape index (κ3) is 1.59. The largest absolute Gasteiger partial charge is 0.472 e. The van der Waals surface area contributed by atoms with Crippen LogP contribution in [0.4, 0.5) is 0 Å². The Hall–Kier alpha value is -0.220. The Morgan fingerprint density at radius 2 is 1.67 bits per heavy atom. The van der Waals surface area contributed by atoms with Gasteiger partial charge in [-0.15, -0.1) is 0 Å². The first-order valence-electron chi connectivity index (χ1n) is 3.82. The molecule has 1 saturated heterocycles. The first-order chi connectivity index (χ1) is 5.26. The summed E-state index contributed by atoms with van der Waals surface area (Å²) in [5.41, 5.74) is -0.774. The summed E-state index contributed by atoms with van der Waals surface area (Å²) >= 11 is 10.2. The van der Waals surface area contributed by atoms with E-state index in [0.717, 1.165) is 0 Å². The molecule has 1 heterocycles. The molecular weight excluding hydrogens is 190 g/mol. The zero-order chi connectivity index (χ0) is 9.57. The summed E-state index contributed by atoms with van der Waals surface area (Å²) in [5, 5.41) is 3.73. The van der Waals surface area contributed by atoms with E-state index in [4.69, 9.17) is 29.2 Å². The van der Waals surface area contributed by atoms with Crippen molar-refractivity contribution in [3.8, 4) is 0 Å². The van der Waals surface area contributed by atoms with E-state index in [1.165, 1.54) is 0 Å². The summed E-state index contributed by atoms with van der Waals surface area (Å²) in [5.74, 6) is 0. The lowest BCUT2D eigenvalue weighted by molar-refractivity contribution is 0.138. The molecule has 1 rings (SSSR count). The van der Waals surface area contributed by atoms with Crippen LogP contribution in [0.1, 0.15) is 27.7 Å². The first kappa shape index (κ1) is 9.86. The molecule has 1 aliphatic heterocycles. The van der Waals surface area contributed by atoms with Gasteiger partial charge in [-0.3, -0.25) is 0 Å². The Morgan fingerprint density at radius 1 is 1.17 bits per heavy atom. The Bertz CT molecular complexity index is 219. The van der Waals surface area contributed by atoms with Gasteiger partial charge in [-0.05, 0) is 39.9 Å². The van der Waals surface area contributed by atoms with Crippen molar-refractivity contribution in [3.05, 3.63) is 0 Å². The average molecular weight is 203 g/mol. The van der Waals surface area contributed by atoms with Gasteiger partial charge in [-0.2, -0.15) is 0 Å². The average Bonchev–Trinajstić information content (AvgIpc) is 1.82. The minimum absolute atomic E-state index is 0.318. The van der Waals surface area contributed by atoms with Crippen molar-refractivity contribution < 1.29 is 4.74 Å². The van der Waals surface area contributed by atoms with Crippen LogP contribution in [-0.2, 0) is 4.74 Å². The second-order valence-corrected chi connectivity index (χ2v) is 4.76. The van der Waals surface area contributed by atoms with Crippen LogP contribution in [-0.4, -0.2) is 21.2 Å². The highest BCUT2D eigenvalue weighted by molar-refractivity contribution is 7.81. The quantitative estimate of drug-likeness (QED) is 0.606. The highest BCUT2D eigenvalue weighted by Gasteiger charge is 2.40. The van der Waals surface area contributed by atoms with Gasteiger partial charge >= 0.3 is 0 Å². The van der Waals surface area contributed by atoms with Crippen molar-refractivity contribution in [2.75, 3.05) is 0 Å². The molecule has 1 fully saturated rings. The molecule has 0 bridgehead atoms. The van der Waals surface area contributed by atoms with Gasteiger partial charge in [0.25, 0.3) is 0 Å². The van der Waals surface area contributed by atoms with E-state index in [-0.39, 0.29) is 5.54 Å². The standard InChI is InChI=1S/C8H13NOS2/c1-7(2)6(12)10-8(3,4)5(11)9-7/h1-4H3,(H,9,11). The normalized spacial score (nSPS) is 26.0. The van der Waals surface area contributed by atoms with Gasteiger partial charge in [0.2, 0.25) is 0 Å². The third-order valence-electron chi connectivity index (χ3n) is 1.83. The molecule has 0 aromatic rings. The molecule has 0 atom stereocenters. The molecule has 0 unspecified atom stereocenters. The number of rotatable bonds is 0. The molecule has 0 spiro atoms. The molecule has 2 nitrogen and oxygen atoms in total. The van der Waals surface area contributed by atoms with Crippen LogP contribution in [0.5, 0.6) is 0 Å². The van der Waals surface area contributed by atoms with E-state index >= 15 is 0 Å². The van der Waals surface area contributed by atoms with E-state index in [1.807, 2.05) is 27.7 Å². The highest BCUT2D eigenvalue weighted by atomic mass is 32.1. The highest BCUT2D eigenvalue weighted by Crippen LogP contribution is 2.23. The summed E-state index contributed by atoms with van der Waals surface area (Å²) in [4.78, 5) is 0.709. The number of hydrogen-bond donors (Lipinski definition) is 1. The van der Waals surface area contributed by atoms with Gasteiger partial charge in [0.15, 0.2) is 10.7 Å². The number of ether oxygens (including phenoxy) is 1. The van der Waals surface area contributed by atoms with Crippen LogP contribution in [0.15, 0.2) is 0 Å². The zero-order valence-electron chi connectivity index (χ0n) is 7.72. The van der Waals surface area contributed by atoms with Crippen molar-refractivity contribution in [1.29, 1.82) is 0 Å². The summed E-state index contributed by atoms with van der Waals surface area (Å²) in [6, 6.07) is 0. The molecule has 1 N–H and O–H groups in total.